The van der Waals surface area contributed by atoms with Crippen molar-refractivity contribution in [2.75, 3.05) is 0 Å². The monoisotopic (exact) mass is 184 g/mol. The van der Waals surface area contributed by atoms with Gasteiger partial charge in [-0.25, -0.2) is 0 Å². The highest BCUT2D eigenvalue weighted by molar-refractivity contribution is 6.77. The Hall–Kier alpha value is -0.0831. The fourth-order valence-electron chi connectivity index (χ4n) is 1.94. The molecule has 0 aliphatic heterocycles. The van der Waals surface area contributed by atoms with Crippen LogP contribution >= 0.6 is 0 Å². The van der Waals surface area contributed by atoms with Crippen LogP contribution in [0.25, 0.3) is 0 Å². The van der Waals surface area contributed by atoms with Crippen LogP contribution in [0.4, 0.5) is 0 Å². The Labute approximate surface area is 76.5 Å². The van der Waals surface area contributed by atoms with Crippen molar-refractivity contribution in [3.8, 4) is 0 Å². The van der Waals surface area contributed by atoms with Gasteiger partial charge in [-0.2, -0.15) is 0 Å². The number of aliphatic hydroxyl groups is 1. The van der Waals surface area contributed by atoms with E-state index in [1.54, 1.807) is 0 Å². The van der Waals surface area contributed by atoms with Gasteiger partial charge in [0.25, 0.3) is 0 Å². The Morgan fingerprint density at radius 3 is 2.42 bits per heavy atom. The van der Waals surface area contributed by atoms with Gasteiger partial charge in [0.05, 0.1) is 14.2 Å². The Morgan fingerprint density at radius 1 is 1.42 bits per heavy atom. The minimum absolute atomic E-state index is 0.0691. The largest absolute Gasteiger partial charge is 0.393 e. The first-order chi connectivity index (χ1) is 5.41. The molecular weight excluding hydrogens is 164 g/mol. The Bertz CT molecular complexity index is 191. The third-order valence-corrected chi connectivity index (χ3v) is 5.64. The highest BCUT2D eigenvalue weighted by Crippen LogP contribution is 2.36. The molecule has 0 aromatic rings. The van der Waals surface area contributed by atoms with Gasteiger partial charge in [-0.05, 0) is 25.3 Å². The molecule has 0 aromatic carbocycles. The second-order valence-electron chi connectivity index (χ2n) is 5.03. The van der Waals surface area contributed by atoms with Crippen LogP contribution in [-0.2, 0) is 0 Å². The van der Waals surface area contributed by atoms with E-state index in [4.69, 9.17) is 0 Å². The Kier molecular flexibility index (Phi) is 2.79. The molecule has 1 N–H and O–H groups in total. The quantitative estimate of drug-likeness (QED) is 0.491. The maximum Gasteiger partial charge on any atom is 0.0582 e. The zero-order chi connectivity index (χ0) is 9.35. The summed E-state index contributed by atoms with van der Waals surface area (Å²) in [6.07, 6.45) is 4.11. The molecule has 0 heterocycles. The van der Waals surface area contributed by atoms with Crippen molar-refractivity contribution in [1.29, 1.82) is 0 Å². The van der Waals surface area contributed by atoms with Gasteiger partial charge in [0.1, 0.15) is 0 Å². The fraction of sp³-hybridized carbons (Fsp3) is 0.800. The summed E-state index contributed by atoms with van der Waals surface area (Å²) in [4.78, 5) is 0. The van der Waals surface area contributed by atoms with E-state index < -0.39 is 8.07 Å². The molecule has 1 nitrogen and oxygen atoms in total. The van der Waals surface area contributed by atoms with Crippen molar-refractivity contribution in [3.05, 3.63) is 11.6 Å². The summed E-state index contributed by atoms with van der Waals surface area (Å²) in [5, 5.41) is 9.81. The molecule has 0 bridgehead atoms. The molecular formula is C10H20OSi. The average molecular weight is 184 g/mol. The van der Waals surface area contributed by atoms with Crippen LogP contribution in [0, 0.1) is 0 Å². The molecule has 1 aliphatic rings. The minimum Gasteiger partial charge on any atom is -0.393 e. The first-order valence-electron chi connectivity index (χ1n) is 4.75. The molecule has 0 radical (unpaired) electrons. The molecule has 1 rings (SSSR count). The number of aliphatic hydroxyl groups excluding tert-OH is 1. The van der Waals surface area contributed by atoms with Gasteiger partial charge in [-0.1, -0.05) is 31.3 Å². The van der Waals surface area contributed by atoms with E-state index in [2.05, 4.69) is 32.6 Å². The molecule has 0 aromatic heterocycles. The van der Waals surface area contributed by atoms with Gasteiger partial charge in [-0.15, -0.1) is 0 Å². The first kappa shape index (κ1) is 10.0. The van der Waals surface area contributed by atoms with Crippen LogP contribution in [0.2, 0.25) is 25.2 Å². The number of rotatable bonds is 1. The van der Waals surface area contributed by atoms with Crippen LogP contribution in [0.15, 0.2) is 11.6 Å². The lowest BCUT2D eigenvalue weighted by Gasteiger charge is -2.35. The molecule has 12 heavy (non-hydrogen) atoms. The smallest absolute Gasteiger partial charge is 0.0582 e. The second kappa shape index (κ2) is 3.34. The Balaban J connectivity index is 2.72. The molecule has 0 spiro atoms. The topological polar surface area (TPSA) is 20.2 Å². The lowest BCUT2D eigenvalue weighted by molar-refractivity contribution is 0.159. The van der Waals surface area contributed by atoms with E-state index in [9.17, 15) is 5.11 Å². The van der Waals surface area contributed by atoms with Crippen LogP contribution in [-0.4, -0.2) is 19.3 Å². The van der Waals surface area contributed by atoms with Crippen molar-refractivity contribution in [2.45, 2.75) is 51.1 Å². The molecule has 0 amide bonds. The van der Waals surface area contributed by atoms with E-state index in [0.29, 0.717) is 5.54 Å². The maximum atomic E-state index is 9.81. The van der Waals surface area contributed by atoms with Crippen molar-refractivity contribution in [3.63, 3.8) is 0 Å². The normalized spacial score (nSPS) is 31.6. The first-order valence-corrected chi connectivity index (χ1v) is 8.32. The highest BCUT2D eigenvalue weighted by atomic mass is 28.3. The van der Waals surface area contributed by atoms with Crippen LogP contribution in [0.1, 0.15) is 19.8 Å². The van der Waals surface area contributed by atoms with Crippen LogP contribution in [0.5, 0.6) is 0 Å². The van der Waals surface area contributed by atoms with Crippen molar-refractivity contribution in [1.82, 2.24) is 0 Å². The summed E-state index contributed by atoms with van der Waals surface area (Å²) in [5.74, 6) is 0. The molecule has 2 unspecified atom stereocenters. The summed E-state index contributed by atoms with van der Waals surface area (Å²) in [5.41, 5.74) is 2.04. The van der Waals surface area contributed by atoms with E-state index >= 15 is 0 Å². The predicted octanol–water partition coefficient (Wildman–Crippen LogP) is 2.80. The van der Waals surface area contributed by atoms with Crippen molar-refractivity contribution >= 4 is 8.07 Å². The summed E-state index contributed by atoms with van der Waals surface area (Å²) < 4.78 is 0. The zero-order valence-corrected chi connectivity index (χ0v) is 9.59. The van der Waals surface area contributed by atoms with Crippen LogP contribution < -0.4 is 0 Å². The van der Waals surface area contributed by atoms with E-state index in [1.165, 1.54) is 5.57 Å². The fourth-order valence-corrected chi connectivity index (χ4v) is 4.16. The predicted molar refractivity (Wildman–Crippen MR) is 56.1 cm³/mol. The molecule has 0 saturated heterocycles. The lowest BCUT2D eigenvalue weighted by atomic mass is 9.98. The standard InChI is InChI=1S/C10H20OSi/c1-8-5-6-9(11)10(7-8)12(2,3)4/h5,9-11H,6-7H2,1-4H3. The average Bonchev–Trinajstić information content (AvgIpc) is 1.92. The summed E-state index contributed by atoms with van der Waals surface area (Å²) in [6.45, 7) is 9.22. The molecule has 2 heteroatoms. The maximum absolute atomic E-state index is 9.81. The van der Waals surface area contributed by atoms with E-state index in [0.717, 1.165) is 12.8 Å². The molecule has 0 fully saturated rings. The van der Waals surface area contributed by atoms with Crippen molar-refractivity contribution < 1.29 is 5.11 Å². The summed E-state index contributed by atoms with van der Waals surface area (Å²) in [6, 6.07) is 0. The third kappa shape index (κ3) is 2.20. The molecule has 0 saturated carbocycles. The van der Waals surface area contributed by atoms with Gasteiger partial charge in [0.15, 0.2) is 0 Å². The Morgan fingerprint density at radius 2 is 2.00 bits per heavy atom. The van der Waals surface area contributed by atoms with Gasteiger partial charge in [-0.3, -0.25) is 0 Å². The number of allylic oxidation sites excluding steroid dienone is 1. The number of hydrogen-bond donors (Lipinski definition) is 1. The van der Waals surface area contributed by atoms with Gasteiger partial charge >= 0.3 is 0 Å². The SMILES string of the molecule is CC1=CCC(O)C([Si](C)(C)C)C1. The third-order valence-electron chi connectivity index (χ3n) is 2.83. The molecule has 2 atom stereocenters. The lowest BCUT2D eigenvalue weighted by Crippen LogP contribution is -2.37. The van der Waals surface area contributed by atoms with E-state index in [1.807, 2.05) is 0 Å². The minimum atomic E-state index is -1.15. The summed E-state index contributed by atoms with van der Waals surface area (Å²) >= 11 is 0. The molecule has 1 aliphatic carbocycles. The zero-order valence-electron chi connectivity index (χ0n) is 8.59. The molecule has 70 valence electrons. The highest BCUT2D eigenvalue weighted by Gasteiger charge is 2.33. The van der Waals surface area contributed by atoms with Crippen molar-refractivity contribution in [2.24, 2.45) is 0 Å². The van der Waals surface area contributed by atoms with Gasteiger partial charge < -0.3 is 5.11 Å². The van der Waals surface area contributed by atoms with Gasteiger partial charge in [0, 0.05) is 0 Å². The van der Waals surface area contributed by atoms with Crippen LogP contribution in [0.3, 0.4) is 0 Å². The number of hydrogen-bond acceptors (Lipinski definition) is 1. The summed E-state index contributed by atoms with van der Waals surface area (Å²) in [7, 11) is -1.15. The second-order valence-corrected chi connectivity index (χ2v) is 10.5. The van der Waals surface area contributed by atoms with Gasteiger partial charge in [0.2, 0.25) is 0 Å². The van der Waals surface area contributed by atoms with E-state index in [-0.39, 0.29) is 6.10 Å².